The Morgan fingerprint density at radius 1 is 1.13 bits per heavy atom. The van der Waals surface area contributed by atoms with Crippen LogP contribution in [-0.4, -0.2) is 35.9 Å². The molecule has 9 heteroatoms. The molecule has 1 aliphatic rings. The van der Waals surface area contributed by atoms with Crippen molar-refractivity contribution in [1.29, 1.82) is 0 Å². The van der Waals surface area contributed by atoms with Gasteiger partial charge in [-0.15, -0.1) is 0 Å². The van der Waals surface area contributed by atoms with Crippen molar-refractivity contribution < 1.29 is 4.39 Å². The first kappa shape index (κ1) is 17.0. The van der Waals surface area contributed by atoms with Crippen LogP contribution < -0.4 is 10.6 Å². The molecule has 0 saturated heterocycles. The van der Waals surface area contributed by atoms with Crippen LogP contribution in [-0.2, 0) is 13.0 Å². The average molecular weight is 400 g/mol. The predicted octanol–water partition coefficient (Wildman–Crippen LogP) is 3.20. The van der Waals surface area contributed by atoms with E-state index >= 15 is 0 Å². The summed E-state index contributed by atoms with van der Waals surface area (Å²) in [6.45, 7) is 1.83. The van der Waals surface area contributed by atoms with E-state index in [9.17, 15) is 4.39 Å². The fourth-order valence-electron chi connectivity index (χ4n) is 3.96. The minimum atomic E-state index is -0.521. The van der Waals surface area contributed by atoms with Gasteiger partial charge in [-0.05, 0) is 29.8 Å². The lowest BCUT2D eigenvalue weighted by Crippen LogP contribution is -2.22. The van der Waals surface area contributed by atoms with Gasteiger partial charge in [-0.1, -0.05) is 0 Å². The monoisotopic (exact) mass is 400 g/mol. The molecule has 1 aliphatic heterocycles. The lowest BCUT2D eigenvalue weighted by atomic mass is 10.1. The number of rotatable bonds is 3. The molecule has 0 aliphatic carbocycles. The summed E-state index contributed by atoms with van der Waals surface area (Å²) in [5, 5.41) is 7.78. The highest BCUT2D eigenvalue weighted by Gasteiger charge is 2.17. The van der Waals surface area contributed by atoms with Gasteiger partial charge in [-0.3, -0.25) is 4.40 Å². The molecule has 3 N–H and O–H groups in total. The summed E-state index contributed by atoms with van der Waals surface area (Å²) < 4.78 is 16.2. The molecule has 0 fully saturated rings. The maximum absolute atomic E-state index is 14.5. The lowest BCUT2D eigenvalue weighted by Gasteiger charge is -2.12. The van der Waals surface area contributed by atoms with E-state index in [0.717, 1.165) is 36.1 Å². The molecule has 0 unspecified atom stereocenters. The topological polar surface area (TPSA) is 95.8 Å². The van der Waals surface area contributed by atoms with Gasteiger partial charge in [0, 0.05) is 54.2 Å². The molecule has 0 atom stereocenters. The van der Waals surface area contributed by atoms with Crippen LogP contribution in [0.5, 0.6) is 0 Å². The van der Waals surface area contributed by atoms with Crippen molar-refractivity contribution >= 4 is 28.3 Å². The van der Waals surface area contributed by atoms with Crippen molar-refractivity contribution in [2.45, 2.75) is 13.0 Å². The van der Waals surface area contributed by atoms with Gasteiger partial charge in [0.25, 0.3) is 0 Å². The number of aromatic nitrogens is 6. The number of halogens is 1. The highest BCUT2D eigenvalue weighted by molar-refractivity contribution is 5.88. The summed E-state index contributed by atoms with van der Waals surface area (Å²) in [5.41, 5.74) is 5.20. The van der Waals surface area contributed by atoms with Crippen molar-refractivity contribution in [3.8, 4) is 11.4 Å². The van der Waals surface area contributed by atoms with Crippen LogP contribution in [0.2, 0.25) is 0 Å². The fourth-order valence-corrected chi connectivity index (χ4v) is 3.96. The Kier molecular flexibility index (Phi) is 3.75. The van der Waals surface area contributed by atoms with Crippen LogP contribution in [0.4, 0.5) is 16.0 Å². The molecule has 30 heavy (non-hydrogen) atoms. The number of aromatic amines is 1. The molecule has 4 aromatic heterocycles. The standard InChI is InChI=1S/C21H17FN8/c22-15-10-25-20(29-19(15)18-11-26-21-24-5-1-7-30(18)21)27-12-2-3-16-13(8-12)14-9-23-6-4-17(14)28-16/h1-3,5,7-8,10-11,23,28H,4,6,9H2,(H,25,27,29). The van der Waals surface area contributed by atoms with E-state index in [1.807, 2.05) is 12.1 Å². The largest absolute Gasteiger partial charge is 0.358 e. The Bertz CT molecular complexity index is 1400. The molecule has 8 nitrogen and oxygen atoms in total. The van der Waals surface area contributed by atoms with Gasteiger partial charge in [0.1, 0.15) is 5.69 Å². The summed E-state index contributed by atoms with van der Waals surface area (Å²) in [6, 6.07) is 7.83. The average Bonchev–Trinajstić information content (AvgIpc) is 3.36. The van der Waals surface area contributed by atoms with E-state index in [1.54, 1.807) is 29.1 Å². The molecular weight excluding hydrogens is 383 g/mol. The minimum absolute atomic E-state index is 0.164. The third-order valence-corrected chi connectivity index (χ3v) is 5.38. The zero-order chi connectivity index (χ0) is 20.1. The molecule has 5 heterocycles. The van der Waals surface area contributed by atoms with Crippen LogP contribution in [0.3, 0.4) is 0 Å². The number of hydrogen-bond acceptors (Lipinski definition) is 6. The molecule has 0 saturated carbocycles. The zero-order valence-electron chi connectivity index (χ0n) is 15.9. The Labute approximate surface area is 170 Å². The lowest BCUT2D eigenvalue weighted by molar-refractivity contribution is 0.618. The van der Waals surface area contributed by atoms with Gasteiger partial charge in [-0.25, -0.2) is 24.3 Å². The molecule has 148 valence electrons. The van der Waals surface area contributed by atoms with Crippen LogP contribution in [0.15, 0.2) is 49.1 Å². The predicted molar refractivity (Wildman–Crippen MR) is 111 cm³/mol. The third kappa shape index (κ3) is 2.71. The van der Waals surface area contributed by atoms with Crippen molar-refractivity contribution in [1.82, 2.24) is 34.6 Å². The molecule has 1 aromatic carbocycles. The first-order valence-electron chi connectivity index (χ1n) is 9.68. The number of nitrogens with one attached hydrogen (secondary N) is 3. The Hall–Kier alpha value is -3.85. The van der Waals surface area contributed by atoms with E-state index in [4.69, 9.17) is 0 Å². The number of anilines is 2. The number of imidazole rings is 1. The maximum Gasteiger partial charge on any atom is 0.234 e. The summed E-state index contributed by atoms with van der Waals surface area (Å²) in [7, 11) is 0. The van der Waals surface area contributed by atoms with Crippen molar-refractivity contribution in [2.75, 3.05) is 11.9 Å². The summed E-state index contributed by atoms with van der Waals surface area (Å²) in [5.74, 6) is 0.274. The van der Waals surface area contributed by atoms with E-state index < -0.39 is 5.82 Å². The SMILES string of the molecule is Fc1cnc(Nc2ccc3[nH]c4c(c3c2)CNCC4)nc1-c1cnc2ncccn12. The molecule has 0 bridgehead atoms. The van der Waals surface area contributed by atoms with Crippen molar-refractivity contribution in [3.05, 3.63) is 66.1 Å². The molecule has 6 rings (SSSR count). The molecular formula is C21H17FN8. The number of H-pyrrole nitrogens is 1. The summed E-state index contributed by atoms with van der Waals surface area (Å²) >= 11 is 0. The molecule has 0 radical (unpaired) electrons. The molecule has 0 spiro atoms. The van der Waals surface area contributed by atoms with Crippen LogP contribution >= 0.6 is 0 Å². The second kappa shape index (κ2) is 6.60. The quantitative estimate of drug-likeness (QED) is 0.430. The Morgan fingerprint density at radius 2 is 2.10 bits per heavy atom. The van der Waals surface area contributed by atoms with Crippen molar-refractivity contribution in [3.63, 3.8) is 0 Å². The second-order valence-corrected chi connectivity index (χ2v) is 7.22. The fraction of sp³-hybridized carbons (Fsp3) is 0.143. The van der Waals surface area contributed by atoms with Gasteiger partial charge < -0.3 is 15.6 Å². The molecule has 5 aromatic rings. The van der Waals surface area contributed by atoms with Gasteiger partial charge in [0.15, 0.2) is 5.82 Å². The zero-order valence-corrected chi connectivity index (χ0v) is 15.9. The smallest absolute Gasteiger partial charge is 0.234 e. The molecule has 0 amide bonds. The van der Waals surface area contributed by atoms with Gasteiger partial charge in [-0.2, -0.15) is 0 Å². The highest BCUT2D eigenvalue weighted by Crippen LogP contribution is 2.29. The van der Waals surface area contributed by atoms with E-state index in [2.05, 4.69) is 41.6 Å². The van der Waals surface area contributed by atoms with E-state index in [1.165, 1.54) is 17.5 Å². The first-order valence-corrected chi connectivity index (χ1v) is 9.68. The van der Waals surface area contributed by atoms with Gasteiger partial charge in [0.05, 0.1) is 18.1 Å². The van der Waals surface area contributed by atoms with Crippen molar-refractivity contribution in [2.24, 2.45) is 0 Å². The van der Waals surface area contributed by atoms with Gasteiger partial charge in [0.2, 0.25) is 11.7 Å². The van der Waals surface area contributed by atoms with Crippen LogP contribution in [0, 0.1) is 5.82 Å². The van der Waals surface area contributed by atoms with Crippen LogP contribution in [0.25, 0.3) is 28.1 Å². The number of benzene rings is 1. The Morgan fingerprint density at radius 3 is 3.07 bits per heavy atom. The third-order valence-electron chi connectivity index (χ3n) is 5.38. The summed E-state index contributed by atoms with van der Waals surface area (Å²) in [4.78, 5) is 20.4. The van der Waals surface area contributed by atoms with E-state index in [-0.39, 0.29) is 5.69 Å². The van der Waals surface area contributed by atoms with E-state index in [0.29, 0.717) is 17.4 Å². The minimum Gasteiger partial charge on any atom is -0.358 e. The second-order valence-electron chi connectivity index (χ2n) is 7.22. The number of fused-ring (bicyclic) bond motifs is 4. The maximum atomic E-state index is 14.5. The Balaban J connectivity index is 1.38. The summed E-state index contributed by atoms with van der Waals surface area (Å²) in [6.07, 6.45) is 7.13. The highest BCUT2D eigenvalue weighted by atomic mass is 19.1. The van der Waals surface area contributed by atoms with Crippen LogP contribution in [0.1, 0.15) is 11.3 Å². The normalized spacial score (nSPS) is 13.6. The number of nitrogens with zero attached hydrogens (tertiary/aromatic N) is 5. The van der Waals surface area contributed by atoms with Gasteiger partial charge >= 0.3 is 0 Å². The first-order chi connectivity index (χ1) is 14.8. The number of hydrogen-bond donors (Lipinski definition) is 3.